The predicted molar refractivity (Wildman–Crippen MR) is 111 cm³/mol. The third kappa shape index (κ3) is 2.93. The Bertz CT molecular complexity index is 1250. The summed E-state index contributed by atoms with van der Waals surface area (Å²) in [7, 11) is 0. The van der Waals surface area contributed by atoms with Crippen molar-refractivity contribution >= 4 is 33.1 Å². The molecule has 0 radical (unpaired) electrons. The lowest BCUT2D eigenvalue weighted by atomic mass is 10.1. The molecule has 5 rings (SSSR count). The van der Waals surface area contributed by atoms with Crippen LogP contribution in [0.3, 0.4) is 0 Å². The minimum Gasteiger partial charge on any atom is -0.467 e. The molecular formula is C21H19N5OS. The lowest BCUT2D eigenvalue weighted by Gasteiger charge is -2.06. The van der Waals surface area contributed by atoms with Crippen molar-refractivity contribution in [2.24, 2.45) is 0 Å². The molecule has 0 aliphatic heterocycles. The van der Waals surface area contributed by atoms with E-state index in [1.54, 1.807) is 17.6 Å². The minimum absolute atomic E-state index is 0.540. The van der Waals surface area contributed by atoms with Gasteiger partial charge in [0.15, 0.2) is 11.5 Å². The minimum atomic E-state index is 0.540. The molecule has 1 aromatic carbocycles. The maximum Gasteiger partial charge on any atom is 0.227 e. The van der Waals surface area contributed by atoms with Gasteiger partial charge in [0.1, 0.15) is 10.6 Å². The van der Waals surface area contributed by atoms with E-state index in [-0.39, 0.29) is 0 Å². The van der Waals surface area contributed by atoms with Crippen LogP contribution in [0.1, 0.15) is 27.6 Å². The molecule has 28 heavy (non-hydrogen) atoms. The van der Waals surface area contributed by atoms with Crippen molar-refractivity contribution in [1.82, 2.24) is 19.6 Å². The Morgan fingerprint density at radius 2 is 1.93 bits per heavy atom. The molecule has 0 aliphatic carbocycles. The molecule has 0 saturated carbocycles. The maximum atomic E-state index is 5.43. The van der Waals surface area contributed by atoms with E-state index >= 15 is 0 Å². The second-order valence-corrected chi connectivity index (χ2v) is 7.96. The van der Waals surface area contributed by atoms with Crippen molar-refractivity contribution in [3.05, 3.63) is 76.3 Å². The first-order valence-corrected chi connectivity index (χ1v) is 9.96. The van der Waals surface area contributed by atoms with E-state index < -0.39 is 0 Å². The van der Waals surface area contributed by atoms with Crippen LogP contribution in [0.5, 0.6) is 0 Å². The van der Waals surface area contributed by atoms with E-state index in [1.165, 1.54) is 16.0 Å². The molecule has 1 N–H and O–H groups in total. The van der Waals surface area contributed by atoms with Crippen LogP contribution in [0.4, 0.5) is 5.95 Å². The molecule has 140 valence electrons. The Kier molecular flexibility index (Phi) is 4.09. The fourth-order valence-corrected chi connectivity index (χ4v) is 4.33. The third-order valence-corrected chi connectivity index (χ3v) is 5.96. The number of aryl methyl sites for hydroxylation is 2. The van der Waals surface area contributed by atoms with Crippen LogP contribution in [0.2, 0.25) is 0 Å². The molecule has 4 aromatic heterocycles. The smallest absolute Gasteiger partial charge is 0.227 e. The van der Waals surface area contributed by atoms with Gasteiger partial charge in [0.25, 0.3) is 0 Å². The molecule has 0 aliphatic rings. The normalized spacial score (nSPS) is 11.5. The quantitative estimate of drug-likeness (QED) is 0.470. The fourth-order valence-electron chi connectivity index (χ4n) is 3.31. The van der Waals surface area contributed by atoms with Crippen LogP contribution in [0.25, 0.3) is 15.9 Å². The van der Waals surface area contributed by atoms with E-state index in [2.05, 4.69) is 31.3 Å². The zero-order valence-corrected chi connectivity index (χ0v) is 16.5. The van der Waals surface area contributed by atoms with Crippen LogP contribution in [-0.2, 0) is 13.0 Å². The average molecular weight is 389 g/mol. The van der Waals surface area contributed by atoms with E-state index in [0.29, 0.717) is 18.9 Å². The Morgan fingerprint density at radius 3 is 2.71 bits per heavy atom. The predicted octanol–water partition coefficient (Wildman–Crippen LogP) is 4.75. The highest BCUT2D eigenvalue weighted by Gasteiger charge is 2.18. The van der Waals surface area contributed by atoms with Crippen molar-refractivity contribution in [2.75, 3.05) is 5.32 Å². The van der Waals surface area contributed by atoms with Gasteiger partial charge in [0, 0.05) is 11.3 Å². The molecule has 0 bridgehead atoms. The molecule has 7 heteroatoms. The number of thiophene rings is 1. The number of nitrogens with zero attached hydrogens (tertiary/aromatic N) is 4. The van der Waals surface area contributed by atoms with Gasteiger partial charge in [-0.2, -0.15) is 4.52 Å². The molecule has 0 saturated heterocycles. The second-order valence-electron chi connectivity index (χ2n) is 6.76. The summed E-state index contributed by atoms with van der Waals surface area (Å²) in [6.45, 7) is 4.78. The summed E-state index contributed by atoms with van der Waals surface area (Å²) in [5, 5.41) is 9.19. The van der Waals surface area contributed by atoms with E-state index in [9.17, 15) is 0 Å². The highest BCUT2D eigenvalue weighted by atomic mass is 32.1. The molecule has 4 heterocycles. The van der Waals surface area contributed by atoms with Gasteiger partial charge in [0.05, 0.1) is 18.2 Å². The van der Waals surface area contributed by atoms with Crippen molar-refractivity contribution in [3.63, 3.8) is 0 Å². The van der Waals surface area contributed by atoms with Crippen LogP contribution in [-0.4, -0.2) is 19.6 Å². The number of benzene rings is 1. The van der Waals surface area contributed by atoms with E-state index in [1.807, 2.05) is 34.8 Å². The lowest BCUT2D eigenvalue weighted by Crippen LogP contribution is -2.07. The Hall–Kier alpha value is -3.19. The molecule has 0 spiro atoms. The van der Waals surface area contributed by atoms with Crippen molar-refractivity contribution in [3.8, 4) is 0 Å². The fraction of sp³-hybridized carbons (Fsp3) is 0.190. The highest BCUT2D eigenvalue weighted by Crippen LogP contribution is 2.33. The van der Waals surface area contributed by atoms with Crippen molar-refractivity contribution < 1.29 is 4.42 Å². The molecule has 0 amide bonds. The average Bonchev–Trinajstić information content (AvgIpc) is 3.41. The van der Waals surface area contributed by atoms with Gasteiger partial charge >= 0.3 is 0 Å². The standard InChI is InChI=1S/C21H19N5OS/c1-13-14(2)28-20-18(13)19-23-17(11-15-7-4-3-5-8-15)25-26(19)21(24-20)22-12-16-9-6-10-27-16/h3-10H,11-12H2,1-2H3,(H,22,24). The van der Waals surface area contributed by atoms with Gasteiger partial charge in [-0.15, -0.1) is 16.4 Å². The summed E-state index contributed by atoms with van der Waals surface area (Å²) in [4.78, 5) is 11.9. The number of aromatic nitrogens is 4. The topological polar surface area (TPSA) is 68.2 Å². The highest BCUT2D eigenvalue weighted by molar-refractivity contribution is 7.18. The lowest BCUT2D eigenvalue weighted by molar-refractivity contribution is 0.517. The molecule has 0 unspecified atom stereocenters. The van der Waals surface area contributed by atoms with Crippen molar-refractivity contribution in [2.45, 2.75) is 26.8 Å². The number of anilines is 1. The summed E-state index contributed by atoms with van der Waals surface area (Å²) in [5.41, 5.74) is 3.25. The summed E-state index contributed by atoms with van der Waals surface area (Å²) in [5.74, 6) is 2.30. The first kappa shape index (κ1) is 16.9. The van der Waals surface area contributed by atoms with E-state index in [0.717, 1.165) is 27.4 Å². The summed E-state index contributed by atoms with van der Waals surface area (Å²) < 4.78 is 7.25. The maximum absolute atomic E-state index is 5.43. The van der Waals surface area contributed by atoms with Crippen LogP contribution < -0.4 is 5.32 Å². The Labute approximate surface area is 165 Å². The first-order chi connectivity index (χ1) is 13.7. The molecule has 6 nitrogen and oxygen atoms in total. The second kappa shape index (κ2) is 6.76. The largest absolute Gasteiger partial charge is 0.467 e. The number of hydrogen-bond donors (Lipinski definition) is 1. The SMILES string of the molecule is Cc1sc2nc(NCc3ccco3)n3nc(Cc4ccccc4)nc3c2c1C. The number of nitrogens with one attached hydrogen (secondary N) is 1. The number of fused-ring (bicyclic) bond motifs is 3. The Balaban J connectivity index is 1.62. The summed E-state index contributed by atoms with van der Waals surface area (Å²) in [6.07, 6.45) is 2.35. The van der Waals surface area contributed by atoms with Gasteiger partial charge < -0.3 is 9.73 Å². The van der Waals surface area contributed by atoms with Crippen LogP contribution >= 0.6 is 11.3 Å². The number of rotatable bonds is 5. The molecule has 0 fully saturated rings. The molecule has 0 atom stereocenters. The summed E-state index contributed by atoms with van der Waals surface area (Å²) >= 11 is 1.69. The van der Waals surface area contributed by atoms with E-state index in [4.69, 9.17) is 19.5 Å². The summed E-state index contributed by atoms with van der Waals surface area (Å²) in [6, 6.07) is 14.1. The van der Waals surface area contributed by atoms with Crippen molar-refractivity contribution in [1.29, 1.82) is 0 Å². The van der Waals surface area contributed by atoms with Gasteiger partial charge in [-0.3, -0.25) is 0 Å². The number of hydrogen-bond acceptors (Lipinski definition) is 6. The van der Waals surface area contributed by atoms with Crippen LogP contribution in [0, 0.1) is 13.8 Å². The zero-order chi connectivity index (χ0) is 19.1. The molecular weight excluding hydrogens is 370 g/mol. The van der Waals surface area contributed by atoms with Gasteiger partial charge in [-0.25, -0.2) is 9.97 Å². The van der Waals surface area contributed by atoms with Gasteiger partial charge in [-0.1, -0.05) is 30.3 Å². The molecule has 5 aromatic rings. The zero-order valence-electron chi connectivity index (χ0n) is 15.6. The third-order valence-electron chi connectivity index (χ3n) is 4.86. The van der Waals surface area contributed by atoms with Crippen LogP contribution in [0.15, 0.2) is 53.1 Å². The Morgan fingerprint density at radius 1 is 1.07 bits per heavy atom. The van der Waals surface area contributed by atoms with Gasteiger partial charge in [-0.05, 0) is 37.1 Å². The van der Waals surface area contributed by atoms with Gasteiger partial charge in [0.2, 0.25) is 5.95 Å². The number of furan rings is 1. The monoisotopic (exact) mass is 389 g/mol. The first-order valence-electron chi connectivity index (χ1n) is 9.14.